The largest absolute Gasteiger partial charge is 0.489 e. The van der Waals surface area contributed by atoms with Crippen molar-refractivity contribution in [3.8, 4) is 0 Å². The number of allylic oxidation sites excluding steroid dienone is 4. The Labute approximate surface area is 74.3 Å². The van der Waals surface area contributed by atoms with Crippen LogP contribution in [0.5, 0.6) is 0 Å². The molecule has 0 radical (unpaired) electrons. The average Bonchev–Trinajstić information content (AvgIpc) is 2.27. The summed E-state index contributed by atoms with van der Waals surface area (Å²) in [5.74, 6) is 0. The van der Waals surface area contributed by atoms with Gasteiger partial charge < -0.3 is 10.0 Å². The molecule has 0 spiro atoms. The molecule has 6 heteroatoms. The molecule has 0 aliphatic heterocycles. The molecule has 0 saturated heterocycles. The van der Waals surface area contributed by atoms with Crippen LogP contribution >= 0.6 is 0 Å². The molecule has 13 heavy (non-hydrogen) atoms. The predicted octanol–water partition coefficient (Wildman–Crippen LogP) is -0.190. The first-order chi connectivity index (χ1) is 6.11. The van der Waals surface area contributed by atoms with Gasteiger partial charge in [-0.3, -0.25) is 10.1 Å². The zero-order valence-electron chi connectivity index (χ0n) is 6.54. The molecule has 0 saturated carbocycles. The summed E-state index contributed by atoms with van der Waals surface area (Å²) in [6.45, 7) is 0. The number of hydrogen-bond donors (Lipinski definition) is 2. The smallest absolute Gasteiger partial charge is 0.423 e. The summed E-state index contributed by atoms with van der Waals surface area (Å²) < 4.78 is 0. The van der Waals surface area contributed by atoms with Crippen LogP contribution in [0.3, 0.4) is 0 Å². The van der Waals surface area contributed by atoms with E-state index in [-0.39, 0.29) is 11.2 Å². The summed E-state index contributed by atoms with van der Waals surface area (Å²) >= 11 is 0. The molecule has 1 aliphatic rings. The molecule has 1 aliphatic carbocycles. The summed E-state index contributed by atoms with van der Waals surface area (Å²) in [6, 6.07) is 0. The van der Waals surface area contributed by atoms with Gasteiger partial charge in [-0.1, -0.05) is 12.2 Å². The molecular weight excluding hydrogens is 173 g/mol. The van der Waals surface area contributed by atoms with Crippen molar-refractivity contribution in [2.45, 2.75) is 0 Å². The molecule has 0 atom stereocenters. The molecule has 0 aromatic carbocycles. The fourth-order valence-electron chi connectivity index (χ4n) is 0.778. The first kappa shape index (κ1) is 9.47. The van der Waals surface area contributed by atoms with Gasteiger partial charge >= 0.3 is 12.8 Å². The third-order valence-corrected chi connectivity index (χ3v) is 1.42. The lowest BCUT2D eigenvalue weighted by Gasteiger charge is -1.93. The van der Waals surface area contributed by atoms with E-state index in [1.54, 1.807) is 0 Å². The van der Waals surface area contributed by atoms with Gasteiger partial charge in [0.2, 0.25) is 0 Å². The van der Waals surface area contributed by atoms with Crippen molar-refractivity contribution in [3.63, 3.8) is 0 Å². The van der Waals surface area contributed by atoms with Crippen LogP contribution in [0.2, 0.25) is 0 Å². The maximum Gasteiger partial charge on any atom is 0.489 e. The highest BCUT2D eigenvalue weighted by Gasteiger charge is 2.13. The second-order valence-electron chi connectivity index (χ2n) is 2.33. The van der Waals surface area contributed by atoms with Crippen LogP contribution in [-0.4, -0.2) is 22.1 Å². The van der Waals surface area contributed by atoms with Crippen molar-refractivity contribution in [2.75, 3.05) is 0 Å². The van der Waals surface area contributed by atoms with Crippen molar-refractivity contribution in [1.82, 2.24) is 0 Å². The normalized spacial score (nSPS) is 14.6. The van der Waals surface area contributed by atoms with Gasteiger partial charge in [-0.15, -0.1) is 0 Å². The van der Waals surface area contributed by atoms with E-state index in [4.69, 9.17) is 10.0 Å². The Morgan fingerprint density at radius 2 is 2.23 bits per heavy atom. The Morgan fingerprint density at radius 1 is 1.54 bits per heavy atom. The Morgan fingerprint density at radius 3 is 2.77 bits per heavy atom. The topological polar surface area (TPSA) is 83.6 Å². The molecule has 0 fully saturated rings. The van der Waals surface area contributed by atoms with Crippen molar-refractivity contribution < 1.29 is 15.0 Å². The molecule has 2 N–H and O–H groups in total. The van der Waals surface area contributed by atoms with Crippen LogP contribution < -0.4 is 0 Å². The van der Waals surface area contributed by atoms with E-state index in [1.165, 1.54) is 24.3 Å². The molecule has 5 nitrogen and oxygen atoms in total. The highest BCUT2D eigenvalue weighted by molar-refractivity contribution is 6.51. The molecule has 0 bridgehead atoms. The van der Waals surface area contributed by atoms with E-state index in [1.807, 2.05) is 0 Å². The van der Waals surface area contributed by atoms with E-state index in [0.29, 0.717) is 0 Å². The highest BCUT2D eigenvalue weighted by Crippen LogP contribution is 2.06. The van der Waals surface area contributed by atoms with Crippen molar-refractivity contribution in [3.05, 3.63) is 51.3 Å². The van der Waals surface area contributed by atoms with Crippen LogP contribution in [0.15, 0.2) is 41.2 Å². The minimum atomic E-state index is -1.64. The minimum Gasteiger partial charge on any atom is -0.423 e. The van der Waals surface area contributed by atoms with E-state index >= 15 is 0 Å². The summed E-state index contributed by atoms with van der Waals surface area (Å²) in [5.41, 5.74) is 2.27. The van der Waals surface area contributed by atoms with Crippen LogP contribution in [0.4, 0.5) is 0 Å². The zero-order valence-corrected chi connectivity index (χ0v) is 6.54. The molecule has 0 unspecified atom stereocenters. The van der Waals surface area contributed by atoms with Gasteiger partial charge in [-0.25, -0.2) is 0 Å². The second kappa shape index (κ2) is 3.86. The van der Waals surface area contributed by atoms with Crippen molar-refractivity contribution in [1.29, 1.82) is 0 Å². The molecule has 66 valence electrons. The van der Waals surface area contributed by atoms with Gasteiger partial charge in [0.1, 0.15) is 0 Å². The Balaban J connectivity index is 3.01. The lowest BCUT2D eigenvalue weighted by Crippen LogP contribution is -2.13. The monoisotopic (exact) mass is 179 g/mol. The standard InChI is InChI=1S/C7H6BNO4/c10-8(11)6-2-1-3-7(5-4-6)9(12)13/h1-4,10-11H. The van der Waals surface area contributed by atoms with Gasteiger partial charge in [-0.05, 0) is 17.3 Å². The maximum atomic E-state index is 10.3. The first-order valence-electron chi connectivity index (χ1n) is 3.47. The fraction of sp³-hybridized carbons (Fsp3) is 0. The highest BCUT2D eigenvalue weighted by atomic mass is 16.6. The Bertz CT molecular complexity index is 350. The van der Waals surface area contributed by atoms with E-state index in [2.05, 4.69) is 5.73 Å². The molecule has 1 rings (SSSR count). The van der Waals surface area contributed by atoms with E-state index in [0.717, 1.165) is 0 Å². The number of hydrogen-bond acceptors (Lipinski definition) is 4. The van der Waals surface area contributed by atoms with Gasteiger partial charge in [0, 0.05) is 6.08 Å². The molecule has 0 aromatic rings. The third kappa shape index (κ3) is 2.42. The Kier molecular flexibility index (Phi) is 2.82. The van der Waals surface area contributed by atoms with Gasteiger partial charge in [-0.2, -0.15) is 0 Å². The third-order valence-electron chi connectivity index (χ3n) is 1.42. The number of nitro groups is 1. The van der Waals surface area contributed by atoms with Gasteiger partial charge in [0.15, 0.2) is 0 Å². The summed E-state index contributed by atoms with van der Waals surface area (Å²) in [6.07, 6.45) is 5.13. The van der Waals surface area contributed by atoms with Crippen LogP contribution in [0.1, 0.15) is 0 Å². The summed E-state index contributed by atoms with van der Waals surface area (Å²) in [7, 11) is -1.64. The zero-order chi connectivity index (χ0) is 9.84. The molecule has 0 amide bonds. The first-order valence-corrected chi connectivity index (χ1v) is 3.47. The number of nitrogens with zero attached hydrogens (tertiary/aromatic N) is 1. The van der Waals surface area contributed by atoms with Crippen molar-refractivity contribution >= 4 is 7.12 Å². The predicted molar refractivity (Wildman–Crippen MR) is 46.0 cm³/mol. The van der Waals surface area contributed by atoms with E-state index in [9.17, 15) is 10.1 Å². The summed E-state index contributed by atoms with van der Waals surface area (Å²) in [4.78, 5) is 9.67. The fourth-order valence-corrected chi connectivity index (χ4v) is 0.778. The van der Waals surface area contributed by atoms with Gasteiger partial charge in [0.25, 0.3) is 0 Å². The molecule has 0 heterocycles. The van der Waals surface area contributed by atoms with E-state index < -0.39 is 12.0 Å². The Hall–Kier alpha value is -1.62. The van der Waals surface area contributed by atoms with Crippen LogP contribution in [0.25, 0.3) is 0 Å². The average molecular weight is 179 g/mol. The van der Waals surface area contributed by atoms with Crippen LogP contribution in [-0.2, 0) is 0 Å². The summed E-state index contributed by atoms with van der Waals surface area (Å²) in [5, 5.41) is 27.7. The lowest BCUT2D eigenvalue weighted by molar-refractivity contribution is -0.418. The maximum absolute atomic E-state index is 10.3. The molecular formula is C7H6BNO4. The molecule has 0 aromatic heterocycles. The quantitative estimate of drug-likeness (QED) is 0.266. The SMILES string of the molecule is O=[N+]([O-])C1=C=CC(B(O)O)=CC=C1. The van der Waals surface area contributed by atoms with Crippen LogP contribution in [0, 0.1) is 10.1 Å². The second-order valence-corrected chi connectivity index (χ2v) is 2.33. The van der Waals surface area contributed by atoms with Gasteiger partial charge in [0.05, 0.1) is 4.92 Å². The number of rotatable bonds is 2. The minimum absolute atomic E-state index is 0.160. The lowest BCUT2D eigenvalue weighted by atomic mass is 9.79. The van der Waals surface area contributed by atoms with Crippen molar-refractivity contribution in [2.24, 2.45) is 0 Å².